The average molecular weight is 302 g/mol. The maximum absolute atomic E-state index is 13.8. The second-order valence-corrected chi connectivity index (χ2v) is 5.22. The molecule has 1 fully saturated rings. The summed E-state index contributed by atoms with van der Waals surface area (Å²) < 4.78 is 27.6. The minimum absolute atomic E-state index is 0.00527. The highest BCUT2D eigenvalue weighted by Crippen LogP contribution is 2.24. The number of carbonyl (C=O) groups is 1. The molecular weight excluding hydrogens is 286 g/mol. The molecule has 1 heterocycles. The number of piperazine rings is 1. The summed E-state index contributed by atoms with van der Waals surface area (Å²) >= 11 is 0. The van der Waals surface area contributed by atoms with Gasteiger partial charge >= 0.3 is 0 Å². The summed E-state index contributed by atoms with van der Waals surface area (Å²) in [5.74, 6) is -1.18. The number of anilines is 1. The molecule has 22 heavy (non-hydrogen) atoms. The Bertz CT molecular complexity index is 647. The summed E-state index contributed by atoms with van der Waals surface area (Å²) in [6.07, 6.45) is 0. The quantitative estimate of drug-likeness (QED) is 0.851. The molecule has 2 aromatic carbocycles. The van der Waals surface area contributed by atoms with Crippen LogP contribution in [0.4, 0.5) is 14.5 Å². The van der Waals surface area contributed by atoms with Gasteiger partial charge in [0.15, 0.2) is 0 Å². The standard InChI is InChI=1S/C17H16F2N2O/c18-14-7-4-8-15(19)16(14)20-9-11-21(12-10-20)17(22)13-5-2-1-3-6-13/h1-8H,9-12H2. The third-order valence-electron chi connectivity index (χ3n) is 3.84. The smallest absolute Gasteiger partial charge is 0.253 e. The SMILES string of the molecule is O=C(c1ccccc1)N1CCN(c2c(F)cccc2F)CC1. The molecule has 0 N–H and O–H groups in total. The lowest BCUT2D eigenvalue weighted by atomic mass is 10.1. The number of rotatable bonds is 2. The zero-order valence-corrected chi connectivity index (χ0v) is 12.0. The maximum atomic E-state index is 13.8. The van der Waals surface area contributed by atoms with Crippen LogP contribution < -0.4 is 4.90 Å². The Morgan fingerprint density at radius 3 is 2.00 bits per heavy atom. The number of benzene rings is 2. The number of amides is 1. The number of halogens is 2. The minimum Gasteiger partial charge on any atom is -0.363 e. The third kappa shape index (κ3) is 2.79. The molecule has 0 bridgehead atoms. The van der Waals surface area contributed by atoms with Gasteiger partial charge in [0.2, 0.25) is 0 Å². The molecule has 114 valence electrons. The molecule has 0 spiro atoms. The Balaban J connectivity index is 1.69. The highest BCUT2D eigenvalue weighted by atomic mass is 19.1. The number of para-hydroxylation sites is 1. The van der Waals surface area contributed by atoms with Crippen LogP contribution in [-0.2, 0) is 0 Å². The van der Waals surface area contributed by atoms with Gasteiger partial charge in [0.25, 0.3) is 5.91 Å². The van der Waals surface area contributed by atoms with E-state index in [2.05, 4.69) is 0 Å². The van der Waals surface area contributed by atoms with Crippen LogP contribution in [0.2, 0.25) is 0 Å². The van der Waals surface area contributed by atoms with E-state index in [4.69, 9.17) is 0 Å². The Kier molecular flexibility index (Phi) is 4.04. The van der Waals surface area contributed by atoms with Crippen molar-refractivity contribution >= 4 is 11.6 Å². The predicted octanol–water partition coefficient (Wildman–Crippen LogP) is 2.93. The Morgan fingerprint density at radius 2 is 1.41 bits per heavy atom. The first-order chi connectivity index (χ1) is 10.7. The lowest BCUT2D eigenvalue weighted by molar-refractivity contribution is 0.0746. The second-order valence-electron chi connectivity index (χ2n) is 5.22. The monoisotopic (exact) mass is 302 g/mol. The summed E-state index contributed by atoms with van der Waals surface area (Å²) in [4.78, 5) is 15.7. The van der Waals surface area contributed by atoms with E-state index in [1.165, 1.54) is 18.2 Å². The van der Waals surface area contributed by atoms with E-state index in [9.17, 15) is 13.6 Å². The lowest BCUT2D eigenvalue weighted by Crippen LogP contribution is -2.49. The van der Waals surface area contributed by atoms with Gasteiger partial charge in [-0.05, 0) is 24.3 Å². The van der Waals surface area contributed by atoms with E-state index in [0.717, 1.165) is 0 Å². The molecule has 0 atom stereocenters. The summed E-state index contributed by atoms with van der Waals surface area (Å²) in [7, 11) is 0. The van der Waals surface area contributed by atoms with E-state index in [1.54, 1.807) is 21.9 Å². The summed E-state index contributed by atoms with van der Waals surface area (Å²) in [5.41, 5.74) is 0.627. The molecule has 3 nitrogen and oxygen atoms in total. The van der Waals surface area contributed by atoms with Crippen LogP contribution in [0.5, 0.6) is 0 Å². The molecule has 1 saturated heterocycles. The van der Waals surface area contributed by atoms with Gasteiger partial charge in [0.05, 0.1) is 0 Å². The molecule has 0 aliphatic carbocycles. The van der Waals surface area contributed by atoms with Crippen molar-refractivity contribution in [2.24, 2.45) is 0 Å². The zero-order valence-electron chi connectivity index (χ0n) is 12.0. The van der Waals surface area contributed by atoms with Crippen molar-refractivity contribution in [3.05, 3.63) is 65.7 Å². The first-order valence-electron chi connectivity index (χ1n) is 7.20. The minimum atomic E-state index is -0.567. The third-order valence-corrected chi connectivity index (χ3v) is 3.84. The van der Waals surface area contributed by atoms with Crippen LogP contribution in [0.25, 0.3) is 0 Å². The van der Waals surface area contributed by atoms with Crippen molar-refractivity contribution in [3.8, 4) is 0 Å². The van der Waals surface area contributed by atoms with Crippen LogP contribution in [0, 0.1) is 11.6 Å². The van der Waals surface area contributed by atoms with Gasteiger partial charge in [-0.2, -0.15) is 0 Å². The van der Waals surface area contributed by atoms with Crippen molar-refractivity contribution in [1.82, 2.24) is 4.90 Å². The van der Waals surface area contributed by atoms with Crippen molar-refractivity contribution in [1.29, 1.82) is 0 Å². The molecule has 5 heteroatoms. The number of hydrogen-bond acceptors (Lipinski definition) is 2. The van der Waals surface area contributed by atoms with E-state index in [1.807, 2.05) is 18.2 Å². The van der Waals surface area contributed by atoms with Crippen molar-refractivity contribution in [2.75, 3.05) is 31.1 Å². The molecule has 3 rings (SSSR count). The largest absolute Gasteiger partial charge is 0.363 e. The zero-order chi connectivity index (χ0) is 15.5. The maximum Gasteiger partial charge on any atom is 0.253 e. The topological polar surface area (TPSA) is 23.6 Å². The molecule has 1 aliphatic heterocycles. The lowest BCUT2D eigenvalue weighted by Gasteiger charge is -2.36. The normalized spacial score (nSPS) is 15.0. The number of hydrogen-bond donors (Lipinski definition) is 0. The van der Waals surface area contributed by atoms with Gasteiger partial charge in [-0.1, -0.05) is 24.3 Å². The van der Waals surface area contributed by atoms with Crippen LogP contribution in [0.3, 0.4) is 0 Å². The van der Waals surface area contributed by atoms with Crippen molar-refractivity contribution < 1.29 is 13.6 Å². The fraction of sp³-hybridized carbons (Fsp3) is 0.235. The first-order valence-corrected chi connectivity index (χ1v) is 7.20. The van der Waals surface area contributed by atoms with E-state index >= 15 is 0 Å². The Labute approximate surface area is 127 Å². The van der Waals surface area contributed by atoms with Gasteiger partial charge in [-0.15, -0.1) is 0 Å². The van der Waals surface area contributed by atoms with Crippen LogP contribution in [0.1, 0.15) is 10.4 Å². The predicted molar refractivity (Wildman–Crippen MR) is 80.9 cm³/mol. The molecule has 1 aliphatic rings. The Morgan fingerprint density at radius 1 is 0.818 bits per heavy atom. The fourth-order valence-corrected chi connectivity index (χ4v) is 2.69. The molecule has 0 aromatic heterocycles. The molecule has 2 aromatic rings. The van der Waals surface area contributed by atoms with Gasteiger partial charge in [0, 0.05) is 31.7 Å². The number of carbonyl (C=O) groups excluding carboxylic acids is 1. The summed E-state index contributed by atoms with van der Waals surface area (Å²) in [5, 5.41) is 0. The molecular formula is C17H16F2N2O. The molecule has 0 saturated carbocycles. The molecule has 0 radical (unpaired) electrons. The van der Waals surface area contributed by atoms with Gasteiger partial charge in [-0.3, -0.25) is 4.79 Å². The van der Waals surface area contributed by atoms with E-state index in [-0.39, 0.29) is 11.6 Å². The average Bonchev–Trinajstić information content (AvgIpc) is 2.55. The van der Waals surface area contributed by atoms with Crippen LogP contribution >= 0.6 is 0 Å². The highest BCUT2D eigenvalue weighted by Gasteiger charge is 2.25. The van der Waals surface area contributed by atoms with Crippen molar-refractivity contribution in [2.45, 2.75) is 0 Å². The number of nitrogens with zero attached hydrogens (tertiary/aromatic N) is 2. The van der Waals surface area contributed by atoms with Gasteiger partial charge in [0.1, 0.15) is 17.3 Å². The van der Waals surface area contributed by atoms with Crippen LogP contribution in [0.15, 0.2) is 48.5 Å². The summed E-state index contributed by atoms with van der Waals surface area (Å²) in [6, 6.07) is 12.9. The Hall–Kier alpha value is -2.43. The van der Waals surface area contributed by atoms with Crippen LogP contribution in [-0.4, -0.2) is 37.0 Å². The van der Waals surface area contributed by atoms with Crippen molar-refractivity contribution in [3.63, 3.8) is 0 Å². The van der Waals surface area contributed by atoms with Gasteiger partial charge < -0.3 is 9.80 Å². The first kappa shape index (κ1) is 14.5. The van der Waals surface area contributed by atoms with E-state index < -0.39 is 11.6 Å². The summed E-state index contributed by atoms with van der Waals surface area (Å²) in [6.45, 7) is 1.72. The fourth-order valence-electron chi connectivity index (χ4n) is 2.69. The highest BCUT2D eigenvalue weighted by molar-refractivity contribution is 5.94. The molecule has 1 amide bonds. The van der Waals surface area contributed by atoms with Gasteiger partial charge in [-0.25, -0.2) is 8.78 Å². The second kappa shape index (κ2) is 6.13. The van der Waals surface area contributed by atoms with E-state index in [0.29, 0.717) is 31.7 Å². The molecule has 0 unspecified atom stereocenters.